The van der Waals surface area contributed by atoms with Gasteiger partial charge in [-0.15, -0.1) is 0 Å². The number of hydrogen-bond donors (Lipinski definition) is 1. The predicted octanol–water partition coefficient (Wildman–Crippen LogP) is 2.36. The van der Waals surface area contributed by atoms with Crippen LogP contribution in [0, 0.1) is 0 Å². The van der Waals surface area contributed by atoms with Gasteiger partial charge in [-0.25, -0.2) is 4.98 Å². The number of carbonyl (C=O) groups is 3. The van der Waals surface area contributed by atoms with Crippen LogP contribution >= 0.6 is 23.4 Å². The molecule has 0 aliphatic carbocycles. The van der Waals surface area contributed by atoms with Gasteiger partial charge in [-0.3, -0.25) is 19.3 Å². The lowest BCUT2D eigenvalue weighted by Gasteiger charge is -2.12. The van der Waals surface area contributed by atoms with E-state index in [0.717, 1.165) is 33.3 Å². The third kappa shape index (κ3) is 4.35. The first-order valence-corrected chi connectivity index (χ1v) is 8.99. The van der Waals surface area contributed by atoms with E-state index < -0.39 is 17.6 Å². The summed E-state index contributed by atoms with van der Waals surface area (Å²) in [5.74, 6) is -0.665. The molecule has 3 amide bonds. The van der Waals surface area contributed by atoms with E-state index in [1.807, 2.05) is 0 Å². The summed E-state index contributed by atoms with van der Waals surface area (Å²) in [5.41, 5.74) is -0.582. The van der Waals surface area contributed by atoms with E-state index in [4.69, 9.17) is 11.6 Å². The van der Waals surface area contributed by atoms with Gasteiger partial charge in [0.25, 0.3) is 5.24 Å². The van der Waals surface area contributed by atoms with Gasteiger partial charge in [-0.1, -0.05) is 23.4 Å². The summed E-state index contributed by atoms with van der Waals surface area (Å²) in [6.07, 6.45) is -2.60. The van der Waals surface area contributed by atoms with Crippen LogP contribution in [0.15, 0.2) is 18.5 Å². The molecule has 0 aromatic carbocycles. The van der Waals surface area contributed by atoms with Crippen molar-refractivity contribution < 1.29 is 27.6 Å². The molecular weight excluding hydrogens is 409 g/mol. The van der Waals surface area contributed by atoms with Crippen LogP contribution in [0.4, 0.5) is 18.0 Å². The Morgan fingerprint density at radius 3 is 2.70 bits per heavy atom. The van der Waals surface area contributed by atoms with Gasteiger partial charge in [-0.2, -0.15) is 13.2 Å². The Bertz CT molecular complexity index is 915. The van der Waals surface area contributed by atoms with Gasteiger partial charge in [0.2, 0.25) is 11.8 Å². The second kappa shape index (κ2) is 7.39. The van der Waals surface area contributed by atoms with Crippen LogP contribution in [0.25, 0.3) is 5.65 Å². The summed E-state index contributed by atoms with van der Waals surface area (Å²) in [7, 11) is 0. The van der Waals surface area contributed by atoms with E-state index in [9.17, 15) is 27.6 Å². The van der Waals surface area contributed by atoms with Gasteiger partial charge in [0.05, 0.1) is 28.5 Å². The van der Waals surface area contributed by atoms with Crippen LogP contribution in [0.2, 0.25) is 5.02 Å². The Kier molecular flexibility index (Phi) is 5.33. The quantitative estimate of drug-likeness (QED) is 0.802. The first-order valence-electron chi connectivity index (χ1n) is 7.63. The Morgan fingerprint density at radius 2 is 2.07 bits per heavy atom. The van der Waals surface area contributed by atoms with E-state index in [-0.39, 0.29) is 52.8 Å². The number of imide groups is 1. The summed E-state index contributed by atoms with van der Waals surface area (Å²) >= 11 is 6.75. The van der Waals surface area contributed by atoms with Gasteiger partial charge in [0, 0.05) is 25.5 Å². The molecule has 1 fully saturated rings. The Balaban J connectivity index is 1.62. The van der Waals surface area contributed by atoms with Crippen molar-refractivity contribution in [2.45, 2.75) is 12.6 Å². The van der Waals surface area contributed by atoms with Gasteiger partial charge in [0.1, 0.15) is 0 Å². The summed E-state index contributed by atoms with van der Waals surface area (Å²) in [5, 5.41) is 2.00. The molecule has 1 saturated heterocycles. The topological polar surface area (TPSA) is 83.8 Å². The molecule has 0 atom stereocenters. The van der Waals surface area contributed by atoms with Gasteiger partial charge in [0.15, 0.2) is 5.65 Å². The minimum atomic E-state index is -4.55. The highest BCUT2D eigenvalue weighted by molar-refractivity contribution is 8.14. The summed E-state index contributed by atoms with van der Waals surface area (Å²) < 4.78 is 39.6. The lowest BCUT2D eigenvalue weighted by Crippen LogP contribution is -2.37. The molecule has 3 heterocycles. The number of nitrogens with one attached hydrogen (secondary N) is 1. The molecule has 1 aliphatic rings. The molecule has 2 aromatic rings. The number of imidazole rings is 1. The maximum absolute atomic E-state index is 12.8. The SMILES string of the molecule is O=C(Cc1cn2cc(C(F)(F)F)cc(Cl)c2n1)NCCN1C(=O)CSC1=O. The van der Waals surface area contributed by atoms with E-state index in [0.29, 0.717) is 0 Å². The second-order valence-electron chi connectivity index (χ2n) is 5.66. The number of carbonyl (C=O) groups excluding carboxylic acids is 3. The standard InChI is InChI=1S/C15H12ClF3N4O3S/c16-10-3-8(15(17,18)19)5-22-6-9(21-13(10)22)4-11(24)20-1-2-23-12(25)7-27-14(23)26/h3,5-6H,1-2,4,7H2,(H,20,24). The molecule has 12 heteroatoms. The molecule has 27 heavy (non-hydrogen) atoms. The van der Waals surface area contributed by atoms with E-state index >= 15 is 0 Å². The number of nitrogens with zero attached hydrogens (tertiary/aromatic N) is 3. The van der Waals surface area contributed by atoms with Gasteiger partial charge < -0.3 is 9.72 Å². The first kappa shape index (κ1) is 19.5. The fourth-order valence-corrected chi connectivity index (χ4v) is 3.49. The van der Waals surface area contributed by atoms with Crippen LogP contribution in [0.1, 0.15) is 11.3 Å². The number of rotatable bonds is 5. The summed E-state index contributed by atoms with van der Waals surface area (Å²) in [6.45, 7) is 0.131. The number of hydrogen-bond acceptors (Lipinski definition) is 5. The third-order valence-corrected chi connectivity index (χ3v) is 4.86. The fourth-order valence-electron chi connectivity index (χ4n) is 2.48. The van der Waals surface area contributed by atoms with E-state index in [2.05, 4.69) is 10.3 Å². The highest BCUT2D eigenvalue weighted by Gasteiger charge is 2.32. The summed E-state index contributed by atoms with van der Waals surface area (Å²) in [6, 6.07) is 0.774. The van der Waals surface area contributed by atoms with Crippen molar-refractivity contribution in [3.8, 4) is 0 Å². The molecule has 3 rings (SSSR count). The second-order valence-corrected chi connectivity index (χ2v) is 7.00. The van der Waals surface area contributed by atoms with Gasteiger partial charge >= 0.3 is 6.18 Å². The molecule has 7 nitrogen and oxygen atoms in total. The molecular formula is C15H12ClF3N4O3S. The maximum atomic E-state index is 12.8. The monoisotopic (exact) mass is 420 g/mol. The highest BCUT2D eigenvalue weighted by atomic mass is 35.5. The Hall–Kier alpha value is -2.27. The zero-order valence-electron chi connectivity index (χ0n) is 13.5. The number of amides is 3. The Labute approximate surface area is 159 Å². The molecule has 1 N–H and O–H groups in total. The predicted molar refractivity (Wildman–Crippen MR) is 91.5 cm³/mol. The van der Waals surface area contributed by atoms with Crippen LogP contribution in [-0.2, 0) is 22.2 Å². The minimum Gasteiger partial charge on any atom is -0.354 e. The molecule has 0 saturated carbocycles. The van der Waals surface area contributed by atoms with Crippen LogP contribution in [0.5, 0.6) is 0 Å². The number of halogens is 4. The zero-order chi connectivity index (χ0) is 19.8. The average molecular weight is 421 g/mol. The van der Waals surface area contributed by atoms with Crippen molar-refractivity contribution in [3.63, 3.8) is 0 Å². The van der Waals surface area contributed by atoms with Gasteiger partial charge in [-0.05, 0) is 6.07 Å². The largest absolute Gasteiger partial charge is 0.417 e. The normalized spacial score (nSPS) is 15.0. The van der Waals surface area contributed by atoms with Crippen molar-refractivity contribution in [1.82, 2.24) is 19.6 Å². The minimum absolute atomic E-state index is 0.0579. The maximum Gasteiger partial charge on any atom is 0.417 e. The fraction of sp³-hybridized carbons (Fsp3) is 0.333. The van der Waals surface area contributed by atoms with Crippen LogP contribution < -0.4 is 5.32 Å². The first-order chi connectivity index (χ1) is 12.6. The number of thioether (sulfide) groups is 1. The number of alkyl halides is 3. The third-order valence-electron chi connectivity index (χ3n) is 3.72. The molecule has 2 aromatic heterocycles. The van der Waals surface area contributed by atoms with E-state index in [1.54, 1.807) is 0 Å². The number of pyridine rings is 1. The molecule has 0 radical (unpaired) electrons. The lowest BCUT2D eigenvalue weighted by atomic mass is 10.3. The average Bonchev–Trinajstić information content (AvgIpc) is 3.11. The van der Waals surface area contributed by atoms with Crippen molar-refractivity contribution in [2.75, 3.05) is 18.8 Å². The number of aromatic nitrogens is 2. The summed E-state index contributed by atoms with van der Waals surface area (Å²) in [4.78, 5) is 40.0. The number of fused-ring (bicyclic) bond motifs is 1. The van der Waals surface area contributed by atoms with E-state index in [1.165, 1.54) is 6.20 Å². The highest BCUT2D eigenvalue weighted by Crippen LogP contribution is 2.32. The Morgan fingerprint density at radius 1 is 1.33 bits per heavy atom. The van der Waals surface area contributed by atoms with Crippen LogP contribution in [0.3, 0.4) is 0 Å². The molecule has 1 aliphatic heterocycles. The molecule has 0 bridgehead atoms. The van der Waals surface area contributed by atoms with Crippen molar-refractivity contribution >= 4 is 46.1 Å². The molecule has 0 spiro atoms. The van der Waals surface area contributed by atoms with Crippen molar-refractivity contribution in [2.24, 2.45) is 0 Å². The lowest BCUT2D eigenvalue weighted by molar-refractivity contribution is -0.137. The van der Waals surface area contributed by atoms with Crippen molar-refractivity contribution in [1.29, 1.82) is 0 Å². The zero-order valence-corrected chi connectivity index (χ0v) is 15.1. The molecule has 0 unspecified atom stereocenters. The smallest absolute Gasteiger partial charge is 0.354 e. The van der Waals surface area contributed by atoms with Crippen molar-refractivity contribution in [3.05, 3.63) is 34.7 Å². The molecule has 144 valence electrons. The van der Waals surface area contributed by atoms with Crippen LogP contribution in [-0.4, -0.2) is 50.2 Å².